The van der Waals surface area contributed by atoms with Crippen LogP contribution in [-0.2, 0) is 26.2 Å². The highest BCUT2D eigenvalue weighted by Gasteiger charge is 2.34. The van der Waals surface area contributed by atoms with Gasteiger partial charge in [-0.15, -0.1) is 0 Å². The first-order chi connectivity index (χ1) is 18.6. The molecule has 0 aliphatic carbocycles. The minimum absolute atomic E-state index is 0.00415. The highest BCUT2D eigenvalue weighted by atomic mass is 35.5. The molecule has 0 spiro atoms. The van der Waals surface area contributed by atoms with Gasteiger partial charge in [0.25, 0.3) is 10.0 Å². The molecule has 0 fully saturated rings. The SMILES string of the molecule is Cc1ccc(S(=O)(=O)N(CC(=O)N(Cc2ccccc2Cl)C(C)C(=O)NC(C)(C)C)c2cc(Cl)ccc2C)cc1. The fraction of sp³-hybridized carbons (Fsp3) is 0.333. The molecule has 0 aromatic heterocycles. The van der Waals surface area contributed by atoms with Crippen LogP contribution in [0.3, 0.4) is 0 Å². The molecular formula is C30H35Cl2N3O4S. The summed E-state index contributed by atoms with van der Waals surface area (Å²) >= 11 is 12.7. The van der Waals surface area contributed by atoms with Crippen molar-refractivity contribution in [2.24, 2.45) is 0 Å². The Morgan fingerprint density at radius 1 is 0.950 bits per heavy atom. The maximum Gasteiger partial charge on any atom is 0.264 e. The summed E-state index contributed by atoms with van der Waals surface area (Å²) < 4.78 is 29.0. The molecule has 10 heteroatoms. The monoisotopic (exact) mass is 603 g/mol. The second-order valence-corrected chi connectivity index (χ2v) is 13.5. The Hall–Kier alpha value is -3.07. The van der Waals surface area contributed by atoms with Gasteiger partial charge < -0.3 is 10.2 Å². The van der Waals surface area contributed by atoms with E-state index >= 15 is 0 Å². The number of amides is 2. The van der Waals surface area contributed by atoms with Crippen LogP contribution in [0.1, 0.15) is 44.4 Å². The van der Waals surface area contributed by atoms with E-state index in [1.807, 2.05) is 27.7 Å². The summed E-state index contributed by atoms with van der Waals surface area (Å²) in [5.41, 5.74) is 1.86. The van der Waals surface area contributed by atoms with E-state index in [-0.39, 0.29) is 23.0 Å². The predicted molar refractivity (Wildman–Crippen MR) is 161 cm³/mol. The van der Waals surface area contributed by atoms with Crippen LogP contribution in [0, 0.1) is 13.8 Å². The molecule has 1 atom stereocenters. The quantitative estimate of drug-likeness (QED) is 0.318. The number of halogens is 2. The molecule has 0 saturated carbocycles. The number of nitrogens with one attached hydrogen (secondary N) is 1. The Morgan fingerprint density at radius 2 is 1.57 bits per heavy atom. The fourth-order valence-electron chi connectivity index (χ4n) is 4.07. The zero-order valence-electron chi connectivity index (χ0n) is 23.5. The predicted octanol–water partition coefficient (Wildman–Crippen LogP) is 6.14. The maximum atomic E-state index is 14.0. The van der Waals surface area contributed by atoms with Crippen molar-refractivity contribution in [3.8, 4) is 0 Å². The van der Waals surface area contributed by atoms with E-state index in [0.717, 1.165) is 9.87 Å². The van der Waals surface area contributed by atoms with E-state index in [0.29, 0.717) is 21.2 Å². The van der Waals surface area contributed by atoms with E-state index in [4.69, 9.17) is 23.2 Å². The van der Waals surface area contributed by atoms with E-state index in [1.54, 1.807) is 62.4 Å². The number of sulfonamides is 1. The van der Waals surface area contributed by atoms with Crippen LogP contribution in [0.25, 0.3) is 0 Å². The van der Waals surface area contributed by atoms with Crippen molar-refractivity contribution in [2.45, 2.75) is 64.6 Å². The summed E-state index contributed by atoms with van der Waals surface area (Å²) in [4.78, 5) is 28.6. The number of carbonyl (C=O) groups excluding carboxylic acids is 2. The number of anilines is 1. The highest BCUT2D eigenvalue weighted by molar-refractivity contribution is 7.92. The average Bonchev–Trinajstić information content (AvgIpc) is 2.87. The summed E-state index contributed by atoms with van der Waals surface area (Å²) in [7, 11) is -4.19. The molecule has 40 heavy (non-hydrogen) atoms. The molecular weight excluding hydrogens is 569 g/mol. The normalized spacial score (nSPS) is 12.5. The lowest BCUT2D eigenvalue weighted by atomic mass is 10.1. The zero-order chi connectivity index (χ0) is 29.8. The number of hydrogen-bond acceptors (Lipinski definition) is 4. The molecule has 0 saturated heterocycles. The van der Waals surface area contributed by atoms with Gasteiger partial charge in [-0.3, -0.25) is 13.9 Å². The first kappa shape index (κ1) is 31.5. The number of aryl methyl sites for hydroxylation is 2. The summed E-state index contributed by atoms with van der Waals surface area (Å²) in [5.74, 6) is -0.952. The minimum atomic E-state index is -4.19. The second kappa shape index (κ2) is 12.6. The van der Waals surface area contributed by atoms with Crippen molar-refractivity contribution in [3.63, 3.8) is 0 Å². The van der Waals surface area contributed by atoms with Crippen molar-refractivity contribution in [1.29, 1.82) is 0 Å². The number of hydrogen-bond donors (Lipinski definition) is 1. The van der Waals surface area contributed by atoms with Gasteiger partial charge in [-0.25, -0.2) is 8.42 Å². The number of nitrogens with zero attached hydrogens (tertiary/aromatic N) is 2. The number of benzene rings is 3. The molecule has 7 nitrogen and oxygen atoms in total. The van der Waals surface area contributed by atoms with Gasteiger partial charge >= 0.3 is 0 Å². The largest absolute Gasteiger partial charge is 0.350 e. The van der Waals surface area contributed by atoms with Gasteiger partial charge in [0.1, 0.15) is 12.6 Å². The van der Waals surface area contributed by atoms with Gasteiger partial charge in [-0.2, -0.15) is 0 Å². The standard InChI is InChI=1S/C30H35Cl2N3O4S/c1-20-11-15-25(16-12-20)40(38,39)35(27-17-24(31)14-13-21(27)2)19-28(36)34(18-23-9-7-8-10-26(23)32)22(3)29(37)33-30(4,5)6/h7-17,22H,18-19H2,1-6H3,(H,33,37). The molecule has 0 aliphatic heterocycles. The third kappa shape index (κ3) is 7.77. The molecule has 1 unspecified atom stereocenters. The van der Waals surface area contributed by atoms with Crippen molar-refractivity contribution in [2.75, 3.05) is 10.8 Å². The van der Waals surface area contributed by atoms with Gasteiger partial charge in [0.05, 0.1) is 10.6 Å². The first-order valence-corrected chi connectivity index (χ1v) is 15.0. The topological polar surface area (TPSA) is 86.8 Å². The van der Waals surface area contributed by atoms with Crippen LogP contribution in [0.2, 0.25) is 10.0 Å². The molecule has 3 aromatic rings. The van der Waals surface area contributed by atoms with Gasteiger partial charge in [-0.1, -0.05) is 65.2 Å². The fourth-order valence-corrected chi connectivity index (χ4v) is 5.90. The van der Waals surface area contributed by atoms with Crippen molar-refractivity contribution in [1.82, 2.24) is 10.2 Å². The molecule has 1 N–H and O–H groups in total. The van der Waals surface area contributed by atoms with E-state index < -0.39 is 34.1 Å². The van der Waals surface area contributed by atoms with Gasteiger partial charge in [0.2, 0.25) is 11.8 Å². The Kier molecular flexibility index (Phi) is 9.93. The molecule has 0 bridgehead atoms. The average molecular weight is 605 g/mol. The van der Waals surface area contributed by atoms with Crippen LogP contribution >= 0.6 is 23.2 Å². The third-order valence-electron chi connectivity index (χ3n) is 6.29. The highest BCUT2D eigenvalue weighted by Crippen LogP contribution is 2.30. The third-order valence-corrected chi connectivity index (χ3v) is 8.67. The molecule has 3 aromatic carbocycles. The van der Waals surface area contributed by atoms with Crippen LogP contribution in [0.15, 0.2) is 71.6 Å². The van der Waals surface area contributed by atoms with Crippen LogP contribution in [0.5, 0.6) is 0 Å². The lowest BCUT2D eigenvalue weighted by molar-refractivity contribution is -0.140. The van der Waals surface area contributed by atoms with Crippen molar-refractivity contribution in [3.05, 3.63) is 93.5 Å². The molecule has 214 valence electrons. The summed E-state index contributed by atoms with van der Waals surface area (Å²) in [6, 6.07) is 17.4. The van der Waals surface area contributed by atoms with E-state index in [2.05, 4.69) is 5.32 Å². The molecule has 0 aliphatic rings. The van der Waals surface area contributed by atoms with Gasteiger partial charge in [0, 0.05) is 22.1 Å². The first-order valence-electron chi connectivity index (χ1n) is 12.8. The van der Waals surface area contributed by atoms with Crippen LogP contribution in [-0.4, -0.2) is 43.3 Å². The van der Waals surface area contributed by atoms with Gasteiger partial charge in [-0.05, 0) is 83.0 Å². The van der Waals surface area contributed by atoms with Crippen LogP contribution < -0.4 is 9.62 Å². The van der Waals surface area contributed by atoms with E-state index in [1.165, 1.54) is 23.1 Å². The Morgan fingerprint density at radius 3 is 2.17 bits per heavy atom. The Bertz CT molecular complexity index is 1490. The molecule has 2 amide bonds. The Labute approximate surface area is 247 Å². The summed E-state index contributed by atoms with van der Waals surface area (Å²) in [6.07, 6.45) is 0. The lowest BCUT2D eigenvalue weighted by Gasteiger charge is -2.34. The van der Waals surface area contributed by atoms with E-state index in [9.17, 15) is 18.0 Å². The minimum Gasteiger partial charge on any atom is -0.350 e. The number of carbonyl (C=O) groups is 2. The smallest absolute Gasteiger partial charge is 0.264 e. The van der Waals surface area contributed by atoms with Crippen LogP contribution in [0.4, 0.5) is 5.69 Å². The molecule has 0 heterocycles. The lowest BCUT2D eigenvalue weighted by Crippen LogP contribution is -2.54. The molecule has 0 radical (unpaired) electrons. The summed E-state index contributed by atoms with van der Waals surface area (Å²) in [6.45, 7) is 10.2. The van der Waals surface area contributed by atoms with Crippen molar-refractivity contribution >= 4 is 50.7 Å². The maximum absolute atomic E-state index is 14.0. The Balaban J connectivity index is 2.09. The van der Waals surface area contributed by atoms with Crippen molar-refractivity contribution < 1.29 is 18.0 Å². The van der Waals surface area contributed by atoms with Gasteiger partial charge in [0.15, 0.2) is 0 Å². The number of rotatable bonds is 9. The zero-order valence-corrected chi connectivity index (χ0v) is 25.9. The molecule has 3 rings (SSSR count). The second-order valence-electron chi connectivity index (χ2n) is 10.8. The summed E-state index contributed by atoms with van der Waals surface area (Å²) in [5, 5.41) is 3.65.